The predicted octanol–water partition coefficient (Wildman–Crippen LogP) is 3.00. The van der Waals surface area contributed by atoms with Crippen LogP contribution in [0.5, 0.6) is 0 Å². The Kier molecular flexibility index (Phi) is 3.82. The number of aryl methyl sites for hydroxylation is 1. The Morgan fingerprint density at radius 1 is 1.17 bits per heavy atom. The second kappa shape index (κ2) is 5.54. The molecule has 0 unspecified atom stereocenters. The lowest BCUT2D eigenvalue weighted by Gasteiger charge is -2.24. The Hall–Kier alpha value is -2.03. The fourth-order valence-corrected chi connectivity index (χ4v) is 1.95. The molecule has 3 heteroatoms. The van der Waals surface area contributed by atoms with Crippen molar-refractivity contribution in [2.75, 3.05) is 17.2 Å². The molecule has 0 amide bonds. The minimum atomic E-state index is 0.773. The third kappa shape index (κ3) is 2.62. The molecule has 0 aliphatic heterocycles. The molecule has 94 valence electrons. The number of anilines is 2. The summed E-state index contributed by atoms with van der Waals surface area (Å²) in [5, 5.41) is 0. The van der Waals surface area contributed by atoms with Gasteiger partial charge in [-0.15, -0.1) is 0 Å². The summed E-state index contributed by atoms with van der Waals surface area (Å²) in [7, 11) is 0. The van der Waals surface area contributed by atoms with E-state index in [-0.39, 0.29) is 0 Å². The summed E-state index contributed by atoms with van der Waals surface area (Å²) in [6, 6.07) is 12.3. The summed E-state index contributed by atoms with van der Waals surface area (Å²) >= 11 is 0. The SMILES string of the molecule is CCN(Cc1ccccc1)c1nccc(C)c1N. The Balaban J connectivity index is 2.26. The van der Waals surface area contributed by atoms with Crippen molar-refractivity contribution in [1.82, 2.24) is 4.98 Å². The average molecular weight is 241 g/mol. The molecule has 0 atom stereocenters. The van der Waals surface area contributed by atoms with Crippen molar-refractivity contribution < 1.29 is 0 Å². The Morgan fingerprint density at radius 2 is 1.89 bits per heavy atom. The monoisotopic (exact) mass is 241 g/mol. The van der Waals surface area contributed by atoms with Gasteiger partial charge in [0.05, 0.1) is 5.69 Å². The van der Waals surface area contributed by atoms with Gasteiger partial charge < -0.3 is 10.6 Å². The van der Waals surface area contributed by atoms with Crippen LogP contribution < -0.4 is 10.6 Å². The average Bonchev–Trinajstić information content (AvgIpc) is 2.41. The van der Waals surface area contributed by atoms with Gasteiger partial charge in [-0.3, -0.25) is 0 Å². The number of pyridine rings is 1. The van der Waals surface area contributed by atoms with Crippen LogP contribution in [-0.4, -0.2) is 11.5 Å². The zero-order valence-corrected chi connectivity index (χ0v) is 10.9. The molecule has 0 saturated carbocycles. The van der Waals surface area contributed by atoms with Crippen molar-refractivity contribution in [1.29, 1.82) is 0 Å². The van der Waals surface area contributed by atoms with Gasteiger partial charge in [0.2, 0.25) is 0 Å². The van der Waals surface area contributed by atoms with E-state index < -0.39 is 0 Å². The number of rotatable bonds is 4. The van der Waals surface area contributed by atoms with Gasteiger partial charge in [-0.05, 0) is 31.0 Å². The maximum atomic E-state index is 6.11. The fraction of sp³-hybridized carbons (Fsp3) is 0.267. The van der Waals surface area contributed by atoms with Gasteiger partial charge in [0, 0.05) is 19.3 Å². The number of aromatic nitrogens is 1. The first kappa shape index (κ1) is 12.4. The molecule has 0 bridgehead atoms. The summed E-state index contributed by atoms with van der Waals surface area (Å²) in [6.07, 6.45) is 1.81. The van der Waals surface area contributed by atoms with Crippen LogP contribution in [0.1, 0.15) is 18.1 Å². The Labute approximate surface area is 108 Å². The first-order chi connectivity index (χ1) is 8.72. The molecule has 0 spiro atoms. The fourth-order valence-electron chi connectivity index (χ4n) is 1.95. The summed E-state index contributed by atoms with van der Waals surface area (Å²) in [4.78, 5) is 6.60. The Bertz CT molecular complexity index is 508. The number of hydrogen-bond donors (Lipinski definition) is 1. The molecular formula is C15H19N3. The van der Waals surface area contributed by atoms with E-state index in [1.165, 1.54) is 5.56 Å². The van der Waals surface area contributed by atoms with E-state index in [1.807, 2.05) is 25.3 Å². The van der Waals surface area contributed by atoms with Gasteiger partial charge in [-0.2, -0.15) is 0 Å². The number of nitrogens with two attached hydrogens (primary N) is 1. The predicted molar refractivity (Wildman–Crippen MR) is 76.6 cm³/mol. The van der Waals surface area contributed by atoms with Crippen molar-refractivity contribution in [3.8, 4) is 0 Å². The molecule has 2 rings (SSSR count). The number of benzene rings is 1. The summed E-state index contributed by atoms with van der Waals surface area (Å²) in [5.41, 5.74) is 9.22. The highest BCUT2D eigenvalue weighted by atomic mass is 15.2. The van der Waals surface area contributed by atoms with E-state index in [2.05, 4.69) is 41.1 Å². The normalized spacial score (nSPS) is 10.3. The lowest BCUT2D eigenvalue weighted by atomic mass is 10.2. The topological polar surface area (TPSA) is 42.2 Å². The molecule has 0 radical (unpaired) electrons. The summed E-state index contributed by atoms with van der Waals surface area (Å²) in [5.74, 6) is 0.876. The van der Waals surface area contributed by atoms with E-state index in [9.17, 15) is 0 Å². The molecule has 2 N–H and O–H groups in total. The molecule has 3 nitrogen and oxygen atoms in total. The molecule has 1 aromatic carbocycles. The molecule has 0 aliphatic carbocycles. The second-order valence-corrected chi connectivity index (χ2v) is 4.36. The number of hydrogen-bond acceptors (Lipinski definition) is 3. The largest absolute Gasteiger partial charge is 0.396 e. The highest BCUT2D eigenvalue weighted by Crippen LogP contribution is 2.24. The van der Waals surface area contributed by atoms with Crippen LogP contribution in [-0.2, 0) is 6.54 Å². The van der Waals surface area contributed by atoms with Crippen LogP contribution in [0.15, 0.2) is 42.6 Å². The summed E-state index contributed by atoms with van der Waals surface area (Å²) in [6.45, 7) is 5.84. The quantitative estimate of drug-likeness (QED) is 0.894. The number of nitrogen functional groups attached to an aromatic ring is 1. The lowest BCUT2D eigenvalue weighted by Crippen LogP contribution is -2.24. The minimum absolute atomic E-state index is 0.773. The van der Waals surface area contributed by atoms with Gasteiger partial charge in [0.15, 0.2) is 5.82 Å². The van der Waals surface area contributed by atoms with Crippen LogP contribution in [0.3, 0.4) is 0 Å². The van der Waals surface area contributed by atoms with E-state index in [0.717, 1.165) is 30.2 Å². The van der Waals surface area contributed by atoms with Gasteiger partial charge in [-0.25, -0.2) is 4.98 Å². The van der Waals surface area contributed by atoms with Gasteiger partial charge in [0.1, 0.15) is 0 Å². The van der Waals surface area contributed by atoms with Crippen molar-refractivity contribution in [2.45, 2.75) is 20.4 Å². The molecular weight excluding hydrogens is 222 g/mol. The van der Waals surface area contributed by atoms with Crippen LogP contribution in [0.2, 0.25) is 0 Å². The molecule has 0 saturated heterocycles. The first-order valence-corrected chi connectivity index (χ1v) is 6.22. The maximum absolute atomic E-state index is 6.11. The highest BCUT2D eigenvalue weighted by molar-refractivity contribution is 5.66. The molecule has 0 fully saturated rings. The van der Waals surface area contributed by atoms with Crippen LogP contribution >= 0.6 is 0 Å². The zero-order valence-electron chi connectivity index (χ0n) is 10.9. The third-order valence-corrected chi connectivity index (χ3v) is 3.08. The molecule has 0 aliphatic rings. The van der Waals surface area contributed by atoms with E-state index in [0.29, 0.717) is 0 Å². The second-order valence-electron chi connectivity index (χ2n) is 4.36. The van der Waals surface area contributed by atoms with Crippen LogP contribution in [0.25, 0.3) is 0 Å². The number of nitrogens with zero attached hydrogens (tertiary/aromatic N) is 2. The molecule has 1 aromatic heterocycles. The molecule has 18 heavy (non-hydrogen) atoms. The third-order valence-electron chi connectivity index (χ3n) is 3.08. The zero-order chi connectivity index (χ0) is 13.0. The first-order valence-electron chi connectivity index (χ1n) is 6.22. The van der Waals surface area contributed by atoms with Gasteiger partial charge in [-0.1, -0.05) is 30.3 Å². The maximum Gasteiger partial charge on any atom is 0.152 e. The van der Waals surface area contributed by atoms with Gasteiger partial charge >= 0.3 is 0 Å². The molecule has 1 heterocycles. The standard InChI is InChI=1S/C15H19N3/c1-3-18(11-13-7-5-4-6-8-13)15-14(16)12(2)9-10-17-15/h4-10H,3,11,16H2,1-2H3. The molecule has 2 aromatic rings. The van der Waals surface area contributed by atoms with Crippen molar-refractivity contribution in [3.05, 3.63) is 53.7 Å². The van der Waals surface area contributed by atoms with Crippen LogP contribution in [0.4, 0.5) is 11.5 Å². The summed E-state index contributed by atoms with van der Waals surface area (Å²) < 4.78 is 0. The van der Waals surface area contributed by atoms with E-state index in [4.69, 9.17) is 5.73 Å². The van der Waals surface area contributed by atoms with E-state index >= 15 is 0 Å². The minimum Gasteiger partial charge on any atom is -0.396 e. The van der Waals surface area contributed by atoms with Crippen LogP contribution in [0, 0.1) is 6.92 Å². The highest BCUT2D eigenvalue weighted by Gasteiger charge is 2.11. The van der Waals surface area contributed by atoms with Gasteiger partial charge in [0.25, 0.3) is 0 Å². The lowest BCUT2D eigenvalue weighted by molar-refractivity contribution is 0.815. The van der Waals surface area contributed by atoms with E-state index in [1.54, 1.807) is 0 Å². The van der Waals surface area contributed by atoms with Crippen molar-refractivity contribution in [3.63, 3.8) is 0 Å². The smallest absolute Gasteiger partial charge is 0.152 e. The Morgan fingerprint density at radius 3 is 2.56 bits per heavy atom. The van der Waals surface area contributed by atoms with Crippen molar-refractivity contribution in [2.24, 2.45) is 0 Å². The van der Waals surface area contributed by atoms with Crippen molar-refractivity contribution >= 4 is 11.5 Å².